The van der Waals surface area contributed by atoms with Crippen LogP contribution in [-0.4, -0.2) is 28.3 Å². The first-order valence-corrected chi connectivity index (χ1v) is 7.22. The van der Waals surface area contributed by atoms with Crippen LogP contribution in [0.3, 0.4) is 0 Å². The summed E-state index contributed by atoms with van der Waals surface area (Å²) in [6.07, 6.45) is 6.21. The van der Waals surface area contributed by atoms with Crippen LogP contribution in [0, 0.1) is 17.2 Å². The highest BCUT2D eigenvalue weighted by atomic mass is 32.2. The third-order valence-electron chi connectivity index (χ3n) is 3.17. The molecule has 1 fully saturated rings. The van der Waals surface area contributed by atoms with Gasteiger partial charge in [0.15, 0.2) is 0 Å². The molecule has 0 aliphatic heterocycles. The molecule has 0 aromatic carbocycles. The number of nitrogens with zero attached hydrogens (tertiary/aromatic N) is 1. The van der Waals surface area contributed by atoms with E-state index >= 15 is 0 Å². The summed E-state index contributed by atoms with van der Waals surface area (Å²) in [5.74, 6) is 0.149. The second-order valence-corrected chi connectivity index (χ2v) is 6.15. The Hall–Kier alpha value is -0.400. The molecular formula is C11H20N2OS. The van der Waals surface area contributed by atoms with E-state index in [0.29, 0.717) is 6.04 Å². The summed E-state index contributed by atoms with van der Waals surface area (Å²) >= 11 is 0. The Morgan fingerprint density at radius 2 is 2.20 bits per heavy atom. The lowest BCUT2D eigenvalue weighted by atomic mass is 9.85. The Bertz CT molecular complexity index is 262. The van der Waals surface area contributed by atoms with Crippen molar-refractivity contribution in [2.24, 2.45) is 5.92 Å². The molecule has 1 rings (SSSR count). The SMILES string of the molecule is CC(CNC1CCCCC1C#N)S(C)=O. The van der Waals surface area contributed by atoms with Crippen molar-refractivity contribution in [2.45, 2.75) is 43.9 Å². The Labute approximate surface area is 94.7 Å². The molecular weight excluding hydrogens is 208 g/mol. The molecule has 0 heterocycles. The van der Waals surface area contributed by atoms with E-state index in [1.165, 1.54) is 12.8 Å². The summed E-state index contributed by atoms with van der Waals surface area (Å²) < 4.78 is 11.2. The van der Waals surface area contributed by atoms with E-state index in [1.807, 2.05) is 6.92 Å². The number of nitrogens with one attached hydrogen (secondary N) is 1. The molecule has 1 N–H and O–H groups in total. The predicted molar refractivity (Wildman–Crippen MR) is 62.9 cm³/mol. The Morgan fingerprint density at radius 3 is 2.80 bits per heavy atom. The third kappa shape index (κ3) is 3.92. The molecule has 4 heteroatoms. The van der Waals surface area contributed by atoms with Gasteiger partial charge < -0.3 is 5.32 Å². The average Bonchev–Trinajstić information content (AvgIpc) is 2.26. The lowest BCUT2D eigenvalue weighted by Crippen LogP contribution is -2.41. The quantitative estimate of drug-likeness (QED) is 0.792. The fourth-order valence-electron chi connectivity index (χ4n) is 1.96. The molecule has 3 nitrogen and oxygen atoms in total. The van der Waals surface area contributed by atoms with Gasteiger partial charge in [0, 0.05) is 34.9 Å². The standard InChI is InChI=1S/C11H20N2OS/c1-9(15(2)14)8-13-11-6-4-3-5-10(11)7-12/h9-11,13H,3-6,8H2,1-2H3. The number of rotatable bonds is 4. The minimum Gasteiger partial charge on any atom is -0.311 e. The molecule has 1 aliphatic carbocycles. The van der Waals surface area contributed by atoms with Crippen LogP contribution in [-0.2, 0) is 10.8 Å². The second-order valence-electron chi connectivity index (χ2n) is 4.34. The first kappa shape index (κ1) is 12.7. The molecule has 15 heavy (non-hydrogen) atoms. The first-order chi connectivity index (χ1) is 7.15. The minimum absolute atomic E-state index is 0.149. The highest BCUT2D eigenvalue weighted by Crippen LogP contribution is 2.23. The van der Waals surface area contributed by atoms with Gasteiger partial charge in [0.1, 0.15) is 0 Å². The maximum atomic E-state index is 11.2. The second kappa shape index (κ2) is 6.24. The largest absolute Gasteiger partial charge is 0.311 e. The monoisotopic (exact) mass is 228 g/mol. The summed E-state index contributed by atoms with van der Waals surface area (Å²) in [4.78, 5) is 0. The minimum atomic E-state index is -0.773. The summed E-state index contributed by atoms with van der Waals surface area (Å²) in [7, 11) is -0.773. The molecule has 4 atom stereocenters. The van der Waals surface area contributed by atoms with Crippen molar-refractivity contribution in [3.63, 3.8) is 0 Å². The van der Waals surface area contributed by atoms with Crippen molar-refractivity contribution in [2.75, 3.05) is 12.8 Å². The van der Waals surface area contributed by atoms with Gasteiger partial charge in [-0.05, 0) is 19.8 Å². The molecule has 1 aliphatic rings. The highest BCUT2D eigenvalue weighted by molar-refractivity contribution is 7.84. The van der Waals surface area contributed by atoms with Gasteiger partial charge in [-0.15, -0.1) is 0 Å². The molecule has 0 amide bonds. The maximum Gasteiger partial charge on any atom is 0.0672 e. The molecule has 0 bridgehead atoms. The van der Waals surface area contributed by atoms with Crippen molar-refractivity contribution in [3.05, 3.63) is 0 Å². The Morgan fingerprint density at radius 1 is 1.53 bits per heavy atom. The van der Waals surface area contributed by atoms with Crippen LogP contribution < -0.4 is 5.32 Å². The maximum absolute atomic E-state index is 11.2. The molecule has 1 saturated carbocycles. The summed E-state index contributed by atoms with van der Waals surface area (Å²) in [5, 5.41) is 12.5. The van der Waals surface area contributed by atoms with Crippen LogP contribution in [0.1, 0.15) is 32.6 Å². The lowest BCUT2D eigenvalue weighted by molar-refractivity contribution is 0.314. The molecule has 0 aromatic heterocycles. The van der Waals surface area contributed by atoms with E-state index in [1.54, 1.807) is 6.26 Å². The molecule has 0 radical (unpaired) electrons. The van der Waals surface area contributed by atoms with Crippen LogP contribution >= 0.6 is 0 Å². The van der Waals surface area contributed by atoms with Crippen molar-refractivity contribution in [1.82, 2.24) is 5.32 Å². The Kier molecular flexibility index (Phi) is 5.27. The summed E-state index contributed by atoms with van der Waals surface area (Å²) in [6, 6.07) is 2.68. The zero-order valence-corrected chi connectivity index (χ0v) is 10.3. The zero-order valence-electron chi connectivity index (χ0n) is 9.53. The molecule has 0 aromatic rings. The predicted octanol–water partition coefficient (Wildman–Crippen LogP) is 1.43. The molecule has 0 saturated heterocycles. The number of hydrogen-bond acceptors (Lipinski definition) is 3. The van der Waals surface area contributed by atoms with Gasteiger partial charge in [-0.2, -0.15) is 5.26 Å². The average molecular weight is 228 g/mol. The number of hydrogen-bond donors (Lipinski definition) is 1. The van der Waals surface area contributed by atoms with Gasteiger partial charge in [-0.3, -0.25) is 4.21 Å². The van der Waals surface area contributed by atoms with E-state index in [-0.39, 0.29) is 11.2 Å². The highest BCUT2D eigenvalue weighted by Gasteiger charge is 2.24. The van der Waals surface area contributed by atoms with Crippen LogP contribution in [0.4, 0.5) is 0 Å². The van der Waals surface area contributed by atoms with Crippen LogP contribution in [0.25, 0.3) is 0 Å². The van der Waals surface area contributed by atoms with Crippen molar-refractivity contribution < 1.29 is 4.21 Å². The van der Waals surface area contributed by atoms with Crippen LogP contribution in [0.2, 0.25) is 0 Å². The van der Waals surface area contributed by atoms with Gasteiger partial charge in [0.05, 0.1) is 12.0 Å². The fraction of sp³-hybridized carbons (Fsp3) is 0.909. The third-order valence-corrected chi connectivity index (χ3v) is 4.47. The first-order valence-electron chi connectivity index (χ1n) is 5.60. The topological polar surface area (TPSA) is 52.9 Å². The molecule has 86 valence electrons. The van der Waals surface area contributed by atoms with E-state index in [9.17, 15) is 4.21 Å². The number of nitriles is 1. The van der Waals surface area contributed by atoms with Crippen LogP contribution in [0.15, 0.2) is 0 Å². The van der Waals surface area contributed by atoms with E-state index in [0.717, 1.165) is 19.4 Å². The summed E-state index contributed by atoms with van der Waals surface area (Å²) in [6.45, 7) is 2.74. The smallest absolute Gasteiger partial charge is 0.0672 e. The van der Waals surface area contributed by atoms with Gasteiger partial charge in [0.25, 0.3) is 0 Å². The van der Waals surface area contributed by atoms with E-state index in [2.05, 4.69) is 11.4 Å². The zero-order chi connectivity index (χ0) is 11.3. The van der Waals surface area contributed by atoms with Crippen molar-refractivity contribution >= 4 is 10.8 Å². The lowest BCUT2D eigenvalue weighted by Gasteiger charge is -2.28. The van der Waals surface area contributed by atoms with Crippen molar-refractivity contribution in [1.29, 1.82) is 5.26 Å². The summed E-state index contributed by atoms with van der Waals surface area (Å²) in [5.41, 5.74) is 0. The normalized spacial score (nSPS) is 30.5. The van der Waals surface area contributed by atoms with E-state index < -0.39 is 10.8 Å². The molecule has 0 spiro atoms. The molecule has 4 unspecified atom stereocenters. The van der Waals surface area contributed by atoms with Gasteiger partial charge in [0.2, 0.25) is 0 Å². The van der Waals surface area contributed by atoms with E-state index in [4.69, 9.17) is 5.26 Å². The van der Waals surface area contributed by atoms with Gasteiger partial charge >= 0.3 is 0 Å². The Balaban J connectivity index is 2.36. The fourth-order valence-corrected chi connectivity index (χ4v) is 2.30. The van der Waals surface area contributed by atoms with Crippen LogP contribution in [0.5, 0.6) is 0 Å². The van der Waals surface area contributed by atoms with Gasteiger partial charge in [-0.1, -0.05) is 12.8 Å². The van der Waals surface area contributed by atoms with Gasteiger partial charge in [-0.25, -0.2) is 0 Å². The van der Waals surface area contributed by atoms with Crippen molar-refractivity contribution in [3.8, 4) is 6.07 Å².